The lowest BCUT2D eigenvalue weighted by atomic mass is 10.0. The van der Waals surface area contributed by atoms with Crippen LogP contribution >= 0.6 is 0 Å². The normalized spacial score (nSPS) is 11.7. The number of carbonyl (C=O) groups excluding carboxylic acids is 2. The number of nitrogens with one attached hydrogen (secondary N) is 1. The largest absolute Gasteiger partial charge is 0.368 e. The maximum absolute atomic E-state index is 12.1. The van der Waals surface area contributed by atoms with Crippen LogP contribution in [0.4, 0.5) is 0 Å². The van der Waals surface area contributed by atoms with Gasteiger partial charge in [0.05, 0.1) is 0 Å². The Balaban J connectivity index is 1.93. The first kappa shape index (κ1) is 16.7. The van der Waals surface area contributed by atoms with Crippen LogP contribution in [-0.4, -0.2) is 11.8 Å². The fourth-order valence-electron chi connectivity index (χ4n) is 2.40. The summed E-state index contributed by atoms with van der Waals surface area (Å²) in [6.07, 6.45) is 1.95. The summed E-state index contributed by atoms with van der Waals surface area (Å²) in [7, 11) is 0. The molecule has 0 saturated heterocycles. The SMILES string of the molecule is CCc1ccc(CCC(=O)NC(C(N)=O)c2ccccc2)cc1. The highest BCUT2D eigenvalue weighted by Gasteiger charge is 2.19. The Morgan fingerprint density at radius 3 is 2.17 bits per heavy atom. The minimum absolute atomic E-state index is 0.183. The second-order valence-electron chi connectivity index (χ2n) is 5.48. The number of rotatable bonds is 7. The lowest BCUT2D eigenvalue weighted by Gasteiger charge is -2.15. The molecule has 23 heavy (non-hydrogen) atoms. The molecule has 2 rings (SSSR count). The third kappa shape index (κ3) is 4.95. The fraction of sp³-hybridized carbons (Fsp3) is 0.263. The molecule has 1 atom stereocenters. The van der Waals surface area contributed by atoms with E-state index in [1.54, 1.807) is 12.1 Å². The molecule has 0 spiro atoms. The minimum Gasteiger partial charge on any atom is -0.368 e. The lowest BCUT2D eigenvalue weighted by molar-refractivity contribution is -0.127. The molecule has 4 nitrogen and oxygen atoms in total. The van der Waals surface area contributed by atoms with Gasteiger partial charge in [-0.1, -0.05) is 61.5 Å². The van der Waals surface area contributed by atoms with Crippen molar-refractivity contribution >= 4 is 11.8 Å². The number of benzene rings is 2. The smallest absolute Gasteiger partial charge is 0.244 e. The number of primary amides is 1. The summed E-state index contributed by atoms with van der Waals surface area (Å²) in [5, 5.41) is 2.71. The zero-order valence-electron chi connectivity index (χ0n) is 13.3. The van der Waals surface area contributed by atoms with Crippen LogP contribution in [0.5, 0.6) is 0 Å². The summed E-state index contributed by atoms with van der Waals surface area (Å²) >= 11 is 0. The maximum Gasteiger partial charge on any atom is 0.244 e. The maximum atomic E-state index is 12.1. The van der Waals surface area contributed by atoms with Crippen LogP contribution in [0.25, 0.3) is 0 Å². The molecule has 0 heterocycles. The van der Waals surface area contributed by atoms with Gasteiger partial charge in [0.25, 0.3) is 0 Å². The highest BCUT2D eigenvalue weighted by atomic mass is 16.2. The number of nitrogens with two attached hydrogens (primary N) is 1. The second-order valence-corrected chi connectivity index (χ2v) is 5.48. The third-order valence-corrected chi connectivity index (χ3v) is 3.79. The predicted octanol–water partition coefficient (Wildman–Crippen LogP) is 2.52. The van der Waals surface area contributed by atoms with Gasteiger partial charge in [0, 0.05) is 6.42 Å². The molecular formula is C19H22N2O2. The van der Waals surface area contributed by atoms with Gasteiger partial charge in [0.15, 0.2) is 0 Å². The molecule has 0 saturated carbocycles. The molecule has 0 aliphatic rings. The van der Waals surface area contributed by atoms with Gasteiger partial charge in [-0.2, -0.15) is 0 Å². The Morgan fingerprint density at radius 2 is 1.61 bits per heavy atom. The van der Waals surface area contributed by atoms with E-state index in [2.05, 4.69) is 24.4 Å². The first-order chi connectivity index (χ1) is 11.1. The van der Waals surface area contributed by atoms with Crippen molar-refractivity contribution in [2.75, 3.05) is 0 Å². The zero-order chi connectivity index (χ0) is 16.7. The molecule has 0 fully saturated rings. The topological polar surface area (TPSA) is 72.2 Å². The zero-order valence-corrected chi connectivity index (χ0v) is 13.3. The third-order valence-electron chi connectivity index (χ3n) is 3.79. The predicted molar refractivity (Wildman–Crippen MR) is 90.7 cm³/mol. The molecule has 2 aromatic carbocycles. The van der Waals surface area contributed by atoms with E-state index in [0.717, 1.165) is 12.0 Å². The van der Waals surface area contributed by atoms with E-state index >= 15 is 0 Å². The highest BCUT2D eigenvalue weighted by Crippen LogP contribution is 2.13. The van der Waals surface area contributed by atoms with Crippen molar-refractivity contribution in [1.29, 1.82) is 0 Å². The number of hydrogen-bond donors (Lipinski definition) is 2. The van der Waals surface area contributed by atoms with Gasteiger partial charge in [0.1, 0.15) is 6.04 Å². The van der Waals surface area contributed by atoms with Crippen molar-refractivity contribution in [2.24, 2.45) is 5.73 Å². The van der Waals surface area contributed by atoms with Gasteiger partial charge < -0.3 is 11.1 Å². The highest BCUT2D eigenvalue weighted by molar-refractivity contribution is 5.87. The first-order valence-electron chi connectivity index (χ1n) is 7.81. The van der Waals surface area contributed by atoms with Gasteiger partial charge >= 0.3 is 0 Å². The van der Waals surface area contributed by atoms with Crippen molar-refractivity contribution < 1.29 is 9.59 Å². The number of amides is 2. The van der Waals surface area contributed by atoms with E-state index in [1.807, 2.05) is 30.3 Å². The van der Waals surface area contributed by atoms with Gasteiger partial charge in [-0.25, -0.2) is 0 Å². The Labute approximate surface area is 136 Å². The first-order valence-corrected chi connectivity index (χ1v) is 7.81. The number of hydrogen-bond acceptors (Lipinski definition) is 2. The van der Waals surface area contributed by atoms with E-state index in [0.29, 0.717) is 18.4 Å². The summed E-state index contributed by atoms with van der Waals surface area (Å²) in [6.45, 7) is 2.11. The van der Waals surface area contributed by atoms with E-state index < -0.39 is 11.9 Å². The van der Waals surface area contributed by atoms with E-state index in [4.69, 9.17) is 5.73 Å². The average molecular weight is 310 g/mol. The molecule has 1 unspecified atom stereocenters. The average Bonchev–Trinajstić information content (AvgIpc) is 2.58. The van der Waals surface area contributed by atoms with E-state index in [9.17, 15) is 9.59 Å². The monoisotopic (exact) mass is 310 g/mol. The van der Waals surface area contributed by atoms with Gasteiger partial charge in [-0.15, -0.1) is 0 Å². The second kappa shape index (κ2) is 8.13. The molecule has 0 bridgehead atoms. The summed E-state index contributed by atoms with van der Waals surface area (Å²) in [6, 6.07) is 16.5. The van der Waals surface area contributed by atoms with Crippen molar-refractivity contribution in [3.8, 4) is 0 Å². The Bertz CT molecular complexity index is 651. The molecule has 2 aromatic rings. The van der Waals surface area contributed by atoms with Crippen LogP contribution in [0.1, 0.15) is 36.1 Å². The van der Waals surface area contributed by atoms with Crippen molar-refractivity contribution in [2.45, 2.75) is 32.2 Å². The minimum atomic E-state index is -0.786. The molecule has 4 heteroatoms. The summed E-state index contributed by atoms with van der Waals surface area (Å²) < 4.78 is 0. The molecule has 2 amide bonds. The van der Waals surface area contributed by atoms with Gasteiger partial charge in [0.2, 0.25) is 11.8 Å². The van der Waals surface area contributed by atoms with Gasteiger partial charge in [-0.3, -0.25) is 9.59 Å². The van der Waals surface area contributed by atoms with Gasteiger partial charge in [-0.05, 0) is 29.5 Å². The molecule has 3 N–H and O–H groups in total. The van der Waals surface area contributed by atoms with Crippen LogP contribution in [0.15, 0.2) is 54.6 Å². The Kier molecular flexibility index (Phi) is 5.92. The quantitative estimate of drug-likeness (QED) is 0.825. The Morgan fingerprint density at radius 1 is 1.00 bits per heavy atom. The standard InChI is InChI=1S/C19H22N2O2/c1-2-14-8-10-15(11-9-14)12-13-17(22)21-18(19(20)23)16-6-4-3-5-7-16/h3-11,18H,2,12-13H2,1H3,(H2,20,23)(H,21,22). The Hall–Kier alpha value is -2.62. The summed E-state index contributed by atoms with van der Waals surface area (Å²) in [5.41, 5.74) is 8.48. The van der Waals surface area contributed by atoms with Crippen molar-refractivity contribution in [1.82, 2.24) is 5.32 Å². The van der Waals surface area contributed by atoms with Crippen LogP contribution in [0.3, 0.4) is 0 Å². The fourth-order valence-corrected chi connectivity index (χ4v) is 2.40. The van der Waals surface area contributed by atoms with Crippen LogP contribution in [-0.2, 0) is 22.4 Å². The molecule has 0 aliphatic carbocycles. The molecule has 0 radical (unpaired) electrons. The lowest BCUT2D eigenvalue weighted by Crippen LogP contribution is -2.37. The number of aryl methyl sites for hydroxylation is 2. The van der Waals surface area contributed by atoms with E-state index in [1.165, 1.54) is 5.56 Å². The van der Waals surface area contributed by atoms with Crippen LogP contribution in [0, 0.1) is 0 Å². The summed E-state index contributed by atoms with van der Waals surface area (Å²) in [4.78, 5) is 23.7. The van der Waals surface area contributed by atoms with Crippen molar-refractivity contribution in [3.63, 3.8) is 0 Å². The molecule has 0 aliphatic heterocycles. The molecule has 120 valence electrons. The van der Waals surface area contributed by atoms with Crippen LogP contribution < -0.4 is 11.1 Å². The molecular weight excluding hydrogens is 288 g/mol. The number of carbonyl (C=O) groups is 2. The van der Waals surface area contributed by atoms with Crippen LogP contribution in [0.2, 0.25) is 0 Å². The molecule has 0 aromatic heterocycles. The van der Waals surface area contributed by atoms with Crippen molar-refractivity contribution in [3.05, 3.63) is 71.3 Å². The van der Waals surface area contributed by atoms with E-state index in [-0.39, 0.29) is 5.91 Å². The summed E-state index contributed by atoms with van der Waals surface area (Å²) in [5.74, 6) is -0.742.